The van der Waals surface area contributed by atoms with E-state index in [4.69, 9.17) is 4.74 Å². The first-order valence-corrected chi connectivity index (χ1v) is 8.00. The highest BCUT2D eigenvalue weighted by atomic mass is 19.4. The van der Waals surface area contributed by atoms with Crippen molar-refractivity contribution in [1.29, 1.82) is 0 Å². The van der Waals surface area contributed by atoms with E-state index < -0.39 is 24.0 Å². The zero-order valence-corrected chi connectivity index (χ0v) is 14.1. The molecule has 4 nitrogen and oxygen atoms in total. The maximum atomic E-state index is 13.6. The van der Waals surface area contributed by atoms with Crippen molar-refractivity contribution in [3.8, 4) is 5.75 Å². The Hall–Kier alpha value is -3.03. The number of benzene rings is 2. The molecular weight excluding hydrogens is 366 g/mol. The van der Waals surface area contributed by atoms with Crippen LogP contribution in [-0.2, 0) is 11.3 Å². The number of amides is 1. The molecule has 8 heteroatoms. The summed E-state index contributed by atoms with van der Waals surface area (Å²) in [7, 11) is 0. The third-order valence-corrected chi connectivity index (χ3v) is 3.29. The average molecular weight is 383 g/mol. The molecule has 2 aromatic rings. The number of rotatable bonds is 7. The van der Waals surface area contributed by atoms with Crippen molar-refractivity contribution in [1.82, 2.24) is 5.32 Å². The molecule has 2 rings (SSSR count). The monoisotopic (exact) mass is 383 g/mol. The molecule has 0 bridgehead atoms. The van der Waals surface area contributed by atoms with Crippen LogP contribution in [0.15, 0.2) is 54.6 Å². The number of carbonyl (C=O) groups is 1. The summed E-state index contributed by atoms with van der Waals surface area (Å²) in [6.45, 7) is 0.365. The van der Waals surface area contributed by atoms with E-state index in [-0.39, 0.29) is 18.7 Å². The second-order valence-corrected chi connectivity index (χ2v) is 5.41. The summed E-state index contributed by atoms with van der Waals surface area (Å²) in [4.78, 5) is 11.5. The summed E-state index contributed by atoms with van der Waals surface area (Å²) in [5.41, 5.74) is 0.799. The van der Waals surface area contributed by atoms with Gasteiger partial charge in [0.25, 0.3) is 0 Å². The molecule has 2 aromatic carbocycles. The summed E-state index contributed by atoms with van der Waals surface area (Å²) in [5, 5.41) is 2.52. The van der Waals surface area contributed by atoms with Gasteiger partial charge < -0.3 is 14.8 Å². The highest BCUT2D eigenvalue weighted by Gasteiger charge is 2.31. The van der Waals surface area contributed by atoms with E-state index >= 15 is 0 Å². The van der Waals surface area contributed by atoms with Gasteiger partial charge in [-0.3, -0.25) is 0 Å². The second-order valence-electron chi connectivity index (χ2n) is 5.41. The van der Waals surface area contributed by atoms with Gasteiger partial charge in [0.2, 0.25) is 0 Å². The van der Waals surface area contributed by atoms with Crippen LogP contribution in [-0.4, -0.2) is 19.0 Å². The topological polar surface area (TPSA) is 47.6 Å². The molecule has 0 saturated carbocycles. The van der Waals surface area contributed by atoms with E-state index in [2.05, 4.69) is 10.1 Å². The smallest absolute Gasteiger partial charge is 0.445 e. The first-order chi connectivity index (χ1) is 12.8. The molecule has 27 heavy (non-hydrogen) atoms. The number of hydrogen-bond acceptors (Lipinski definition) is 3. The molecule has 0 fully saturated rings. The number of alkyl carbamates (subject to hydrolysis) is 1. The Morgan fingerprint density at radius 3 is 2.56 bits per heavy atom. The summed E-state index contributed by atoms with van der Waals surface area (Å²) in [5.74, 6) is -1.19. The lowest BCUT2D eigenvalue weighted by Crippen LogP contribution is -2.24. The van der Waals surface area contributed by atoms with E-state index in [9.17, 15) is 22.4 Å². The van der Waals surface area contributed by atoms with Crippen LogP contribution in [0.2, 0.25) is 0 Å². The van der Waals surface area contributed by atoms with Crippen molar-refractivity contribution in [2.24, 2.45) is 0 Å². The van der Waals surface area contributed by atoms with Crippen LogP contribution in [0.3, 0.4) is 0 Å². The van der Waals surface area contributed by atoms with Crippen molar-refractivity contribution in [2.75, 3.05) is 6.54 Å². The van der Waals surface area contributed by atoms with E-state index in [1.165, 1.54) is 12.2 Å². The molecule has 0 saturated heterocycles. The Kier molecular flexibility index (Phi) is 7.22. The minimum Gasteiger partial charge on any atom is -0.445 e. The van der Waals surface area contributed by atoms with Crippen LogP contribution in [0.4, 0.5) is 22.4 Å². The van der Waals surface area contributed by atoms with E-state index in [0.717, 1.165) is 23.8 Å². The standard InChI is InChI=1S/C19H17F4NO3/c20-17-10-9-16(27-19(21,22)23)12-15(17)8-4-5-11-24-18(25)26-13-14-6-2-1-3-7-14/h1-4,6-10,12H,5,11,13H2,(H,24,25). The van der Waals surface area contributed by atoms with E-state index in [1.807, 2.05) is 30.3 Å². The van der Waals surface area contributed by atoms with Gasteiger partial charge in [0.05, 0.1) is 0 Å². The lowest BCUT2D eigenvalue weighted by atomic mass is 10.1. The van der Waals surface area contributed by atoms with Crippen LogP contribution in [0.1, 0.15) is 17.5 Å². The lowest BCUT2D eigenvalue weighted by Gasteiger charge is -2.09. The van der Waals surface area contributed by atoms with Gasteiger partial charge in [-0.1, -0.05) is 42.5 Å². The first kappa shape index (κ1) is 20.3. The molecule has 0 aliphatic heterocycles. The van der Waals surface area contributed by atoms with Gasteiger partial charge in [0.1, 0.15) is 18.2 Å². The van der Waals surface area contributed by atoms with Crippen LogP contribution >= 0.6 is 0 Å². The SMILES string of the molecule is O=C(NCCC=Cc1cc(OC(F)(F)F)ccc1F)OCc1ccccc1. The maximum Gasteiger partial charge on any atom is 0.573 e. The Morgan fingerprint density at radius 2 is 1.85 bits per heavy atom. The van der Waals surface area contributed by atoms with E-state index in [1.54, 1.807) is 0 Å². The predicted octanol–water partition coefficient (Wildman–Crippen LogP) is 5.05. The zero-order chi connectivity index (χ0) is 19.7. The van der Waals surface area contributed by atoms with Gasteiger partial charge in [0, 0.05) is 12.1 Å². The fraction of sp³-hybridized carbons (Fsp3) is 0.211. The van der Waals surface area contributed by atoms with Gasteiger partial charge in [-0.05, 0) is 30.2 Å². The Balaban J connectivity index is 1.75. The molecule has 1 amide bonds. The number of hydrogen-bond donors (Lipinski definition) is 1. The number of carbonyl (C=O) groups excluding carboxylic acids is 1. The number of nitrogens with one attached hydrogen (secondary N) is 1. The highest BCUT2D eigenvalue weighted by Crippen LogP contribution is 2.25. The molecule has 0 atom stereocenters. The minimum absolute atomic E-state index is 0.0524. The molecule has 0 aliphatic carbocycles. The third-order valence-electron chi connectivity index (χ3n) is 3.29. The Labute approximate surface area is 153 Å². The van der Waals surface area contributed by atoms with Gasteiger partial charge in [-0.15, -0.1) is 13.2 Å². The fourth-order valence-electron chi connectivity index (χ4n) is 2.09. The van der Waals surface area contributed by atoms with Crippen molar-refractivity contribution < 1.29 is 31.8 Å². The van der Waals surface area contributed by atoms with Gasteiger partial charge in [-0.25, -0.2) is 9.18 Å². The third kappa shape index (κ3) is 7.81. The molecule has 0 unspecified atom stereocenters. The maximum absolute atomic E-state index is 13.6. The molecule has 0 radical (unpaired) electrons. The first-order valence-electron chi connectivity index (χ1n) is 8.00. The van der Waals surface area contributed by atoms with E-state index in [0.29, 0.717) is 6.42 Å². The fourth-order valence-corrected chi connectivity index (χ4v) is 2.09. The number of ether oxygens (including phenoxy) is 2. The predicted molar refractivity (Wildman–Crippen MR) is 91.4 cm³/mol. The lowest BCUT2D eigenvalue weighted by molar-refractivity contribution is -0.274. The van der Waals surface area contributed by atoms with Crippen LogP contribution in [0.5, 0.6) is 5.75 Å². The number of alkyl halides is 3. The minimum atomic E-state index is -4.84. The van der Waals surface area contributed by atoms with Crippen LogP contribution < -0.4 is 10.1 Å². The number of halogens is 4. The highest BCUT2D eigenvalue weighted by molar-refractivity contribution is 5.67. The van der Waals surface area contributed by atoms with Crippen molar-refractivity contribution in [2.45, 2.75) is 19.4 Å². The zero-order valence-electron chi connectivity index (χ0n) is 14.1. The van der Waals surface area contributed by atoms with Crippen LogP contribution in [0.25, 0.3) is 6.08 Å². The van der Waals surface area contributed by atoms with Gasteiger partial charge >= 0.3 is 12.5 Å². The summed E-state index contributed by atoms with van der Waals surface area (Å²) in [6, 6.07) is 11.9. The van der Waals surface area contributed by atoms with Crippen molar-refractivity contribution in [3.05, 3.63) is 71.6 Å². The molecule has 0 aliphatic rings. The quantitative estimate of drug-likeness (QED) is 0.537. The molecule has 0 aromatic heterocycles. The molecule has 0 spiro atoms. The Bertz CT molecular complexity index is 776. The van der Waals surface area contributed by atoms with Crippen LogP contribution in [0, 0.1) is 5.82 Å². The second kappa shape index (κ2) is 9.61. The average Bonchev–Trinajstić information content (AvgIpc) is 2.62. The largest absolute Gasteiger partial charge is 0.573 e. The Morgan fingerprint density at radius 1 is 1.11 bits per heavy atom. The summed E-state index contributed by atoms with van der Waals surface area (Å²) >= 11 is 0. The molecular formula is C19H17F4NO3. The molecule has 144 valence electrons. The summed E-state index contributed by atoms with van der Waals surface area (Å²) in [6.07, 6.45) is -2.27. The van der Waals surface area contributed by atoms with Crippen molar-refractivity contribution in [3.63, 3.8) is 0 Å². The molecule has 0 heterocycles. The van der Waals surface area contributed by atoms with Gasteiger partial charge in [0.15, 0.2) is 0 Å². The van der Waals surface area contributed by atoms with Crippen molar-refractivity contribution >= 4 is 12.2 Å². The normalized spacial score (nSPS) is 11.4. The summed E-state index contributed by atoms with van der Waals surface area (Å²) < 4.78 is 58.9. The van der Waals surface area contributed by atoms with Gasteiger partial charge in [-0.2, -0.15) is 0 Å². The molecule has 1 N–H and O–H groups in total.